The molecule has 4 N–H and O–H groups in total. The quantitative estimate of drug-likeness (QED) is 0.633. The Morgan fingerprint density at radius 3 is 2.85 bits per heavy atom. The number of carbonyl (C=O) groups excluding carboxylic acids is 1. The molecule has 0 aromatic heterocycles. The summed E-state index contributed by atoms with van der Waals surface area (Å²) in [5.41, 5.74) is 7.03. The van der Waals surface area contributed by atoms with Crippen LogP contribution >= 0.6 is 0 Å². The molecular weight excluding hydrogens is 254 g/mol. The summed E-state index contributed by atoms with van der Waals surface area (Å²) in [4.78, 5) is 13.9. The molecule has 0 radical (unpaired) electrons. The molecule has 1 atom stereocenters. The van der Waals surface area contributed by atoms with Crippen molar-refractivity contribution < 1.29 is 9.90 Å². The predicted octanol–water partition coefficient (Wildman–Crippen LogP) is 1.69. The van der Waals surface area contributed by atoms with Crippen LogP contribution in [-0.2, 0) is 4.79 Å². The van der Waals surface area contributed by atoms with Gasteiger partial charge in [-0.05, 0) is 51.6 Å². The van der Waals surface area contributed by atoms with Gasteiger partial charge in [0.2, 0.25) is 5.91 Å². The smallest absolute Gasteiger partial charge is 0.224 e. The first-order chi connectivity index (χ1) is 9.47. The van der Waals surface area contributed by atoms with Crippen LogP contribution in [0.4, 0.5) is 11.4 Å². The van der Waals surface area contributed by atoms with E-state index in [1.807, 2.05) is 19.2 Å². The average Bonchev–Trinajstić information content (AvgIpc) is 2.36. The molecule has 1 aromatic carbocycles. The molecule has 0 saturated heterocycles. The zero-order valence-corrected chi connectivity index (χ0v) is 12.3. The van der Waals surface area contributed by atoms with E-state index in [0.717, 1.165) is 31.6 Å². The van der Waals surface area contributed by atoms with Gasteiger partial charge in [0.05, 0.1) is 6.10 Å². The van der Waals surface area contributed by atoms with Gasteiger partial charge in [-0.3, -0.25) is 4.79 Å². The van der Waals surface area contributed by atoms with Gasteiger partial charge < -0.3 is 21.1 Å². The number of nitrogen functional groups attached to an aromatic ring is 1. The number of nitrogens with zero attached hydrogens (tertiary/aromatic N) is 1. The number of nitrogens with one attached hydrogen (secondary N) is 1. The summed E-state index contributed by atoms with van der Waals surface area (Å²) < 4.78 is 0. The second kappa shape index (κ2) is 8.55. The van der Waals surface area contributed by atoms with Crippen LogP contribution in [0.1, 0.15) is 26.2 Å². The Labute approximate surface area is 120 Å². The van der Waals surface area contributed by atoms with Crippen molar-refractivity contribution in [2.75, 3.05) is 31.2 Å². The molecule has 0 bridgehead atoms. The SMILES string of the molecule is CC(O)CCN(C)CCCC(=O)Nc1cccc(N)c1. The number of carbonyl (C=O) groups is 1. The monoisotopic (exact) mass is 279 g/mol. The third-order valence-corrected chi connectivity index (χ3v) is 3.04. The highest BCUT2D eigenvalue weighted by Gasteiger charge is 2.05. The van der Waals surface area contributed by atoms with Crippen molar-refractivity contribution in [2.24, 2.45) is 0 Å². The summed E-state index contributed by atoms with van der Waals surface area (Å²) in [7, 11) is 2.00. The Bertz CT molecular complexity index is 421. The normalized spacial score (nSPS) is 12.4. The molecule has 0 saturated carbocycles. The molecule has 112 valence electrons. The summed E-state index contributed by atoms with van der Waals surface area (Å²) in [6, 6.07) is 7.16. The predicted molar refractivity (Wildman–Crippen MR) is 82.5 cm³/mol. The number of nitrogens with two attached hydrogens (primary N) is 1. The van der Waals surface area contributed by atoms with E-state index in [4.69, 9.17) is 5.73 Å². The largest absolute Gasteiger partial charge is 0.399 e. The first kappa shape index (κ1) is 16.5. The summed E-state index contributed by atoms with van der Waals surface area (Å²) in [6.45, 7) is 3.47. The van der Waals surface area contributed by atoms with E-state index < -0.39 is 0 Å². The molecule has 1 unspecified atom stereocenters. The van der Waals surface area contributed by atoms with Crippen molar-refractivity contribution in [3.8, 4) is 0 Å². The molecule has 1 aromatic rings. The van der Waals surface area contributed by atoms with Gasteiger partial charge in [0.1, 0.15) is 0 Å². The molecule has 0 heterocycles. The molecule has 20 heavy (non-hydrogen) atoms. The Kier molecular flexibility index (Phi) is 7.04. The summed E-state index contributed by atoms with van der Waals surface area (Å²) in [6.07, 6.45) is 1.76. The lowest BCUT2D eigenvalue weighted by atomic mass is 10.2. The molecule has 1 amide bonds. The van der Waals surface area contributed by atoms with Crippen molar-refractivity contribution >= 4 is 17.3 Å². The standard InChI is InChI=1S/C15H25N3O2/c1-12(19)8-10-18(2)9-4-7-15(20)17-14-6-3-5-13(16)11-14/h3,5-6,11-12,19H,4,7-10,16H2,1-2H3,(H,17,20). The van der Waals surface area contributed by atoms with Crippen LogP contribution in [0.2, 0.25) is 0 Å². The third kappa shape index (κ3) is 7.11. The Morgan fingerprint density at radius 1 is 1.45 bits per heavy atom. The van der Waals surface area contributed by atoms with E-state index in [1.165, 1.54) is 0 Å². The lowest BCUT2D eigenvalue weighted by Gasteiger charge is -2.17. The van der Waals surface area contributed by atoms with Crippen molar-refractivity contribution in [1.82, 2.24) is 4.90 Å². The fourth-order valence-electron chi connectivity index (χ4n) is 1.87. The van der Waals surface area contributed by atoms with E-state index in [2.05, 4.69) is 10.2 Å². The van der Waals surface area contributed by atoms with Crippen LogP contribution < -0.4 is 11.1 Å². The van der Waals surface area contributed by atoms with Crippen LogP contribution in [-0.4, -0.2) is 42.2 Å². The maximum atomic E-state index is 11.8. The third-order valence-electron chi connectivity index (χ3n) is 3.04. The summed E-state index contributed by atoms with van der Waals surface area (Å²) in [5, 5.41) is 12.0. The van der Waals surface area contributed by atoms with E-state index >= 15 is 0 Å². The van der Waals surface area contributed by atoms with Gasteiger partial charge in [0, 0.05) is 24.3 Å². The van der Waals surface area contributed by atoms with Gasteiger partial charge in [-0.1, -0.05) is 6.07 Å². The van der Waals surface area contributed by atoms with Gasteiger partial charge in [-0.15, -0.1) is 0 Å². The lowest BCUT2D eigenvalue weighted by molar-refractivity contribution is -0.116. The minimum absolute atomic E-state index is 0.000439. The maximum absolute atomic E-state index is 11.8. The fraction of sp³-hybridized carbons (Fsp3) is 0.533. The molecule has 1 rings (SSSR count). The number of aliphatic hydroxyl groups is 1. The molecular formula is C15H25N3O2. The van der Waals surface area contributed by atoms with Gasteiger partial charge in [-0.25, -0.2) is 0 Å². The van der Waals surface area contributed by atoms with Crippen LogP contribution in [0.15, 0.2) is 24.3 Å². The molecule has 5 heteroatoms. The minimum Gasteiger partial charge on any atom is -0.399 e. The number of rotatable bonds is 8. The van der Waals surface area contributed by atoms with Crippen LogP contribution in [0.25, 0.3) is 0 Å². The Balaban J connectivity index is 2.20. The van der Waals surface area contributed by atoms with E-state index in [9.17, 15) is 9.90 Å². The van der Waals surface area contributed by atoms with Crippen molar-refractivity contribution in [2.45, 2.75) is 32.3 Å². The van der Waals surface area contributed by atoms with E-state index in [1.54, 1.807) is 19.1 Å². The van der Waals surface area contributed by atoms with Gasteiger partial charge >= 0.3 is 0 Å². The Morgan fingerprint density at radius 2 is 2.20 bits per heavy atom. The van der Waals surface area contributed by atoms with Crippen molar-refractivity contribution in [3.63, 3.8) is 0 Å². The van der Waals surface area contributed by atoms with Crippen molar-refractivity contribution in [1.29, 1.82) is 0 Å². The van der Waals surface area contributed by atoms with E-state index in [0.29, 0.717) is 12.1 Å². The van der Waals surface area contributed by atoms with E-state index in [-0.39, 0.29) is 12.0 Å². The summed E-state index contributed by atoms with van der Waals surface area (Å²) >= 11 is 0. The highest BCUT2D eigenvalue weighted by molar-refractivity contribution is 5.91. The second-order valence-electron chi connectivity index (χ2n) is 5.22. The molecule has 0 aliphatic rings. The maximum Gasteiger partial charge on any atom is 0.224 e. The zero-order chi connectivity index (χ0) is 15.0. The van der Waals surface area contributed by atoms with Gasteiger partial charge in [0.15, 0.2) is 0 Å². The average molecular weight is 279 g/mol. The van der Waals surface area contributed by atoms with Crippen LogP contribution in [0.3, 0.4) is 0 Å². The fourth-order valence-corrected chi connectivity index (χ4v) is 1.87. The number of aliphatic hydroxyl groups excluding tert-OH is 1. The van der Waals surface area contributed by atoms with Gasteiger partial charge in [-0.2, -0.15) is 0 Å². The van der Waals surface area contributed by atoms with Gasteiger partial charge in [0.25, 0.3) is 0 Å². The molecule has 0 fully saturated rings. The topological polar surface area (TPSA) is 78.6 Å². The number of amides is 1. The van der Waals surface area contributed by atoms with Crippen LogP contribution in [0, 0.1) is 0 Å². The second-order valence-corrected chi connectivity index (χ2v) is 5.22. The first-order valence-electron chi connectivity index (χ1n) is 6.99. The molecule has 0 aliphatic carbocycles. The Hall–Kier alpha value is -1.59. The number of hydrogen-bond donors (Lipinski definition) is 3. The summed E-state index contributed by atoms with van der Waals surface area (Å²) in [5.74, 6) is -0.000439. The minimum atomic E-state index is -0.274. The number of hydrogen-bond acceptors (Lipinski definition) is 4. The molecule has 0 aliphatic heterocycles. The highest BCUT2D eigenvalue weighted by atomic mass is 16.3. The first-order valence-corrected chi connectivity index (χ1v) is 6.99. The zero-order valence-electron chi connectivity index (χ0n) is 12.3. The van der Waals surface area contributed by atoms with Crippen LogP contribution in [0.5, 0.6) is 0 Å². The number of anilines is 2. The van der Waals surface area contributed by atoms with Crippen molar-refractivity contribution in [3.05, 3.63) is 24.3 Å². The number of benzene rings is 1. The molecule has 5 nitrogen and oxygen atoms in total. The lowest BCUT2D eigenvalue weighted by Crippen LogP contribution is -2.24. The highest BCUT2D eigenvalue weighted by Crippen LogP contribution is 2.12. The molecule has 0 spiro atoms.